The molecule has 0 radical (unpaired) electrons. The minimum absolute atomic E-state index is 0.197. The first-order valence-corrected chi connectivity index (χ1v) is 5.30. The van der Waals surface area contributed by atoms with E-state index in [0.29, 0.717) is 5.56 Å². The molecule has 1 aromatic heterocycles. The van der Waals surface area contributed by atoms with Crippen molar-refractivity contribution in [2.75, 3.05) is 12.4 Å². The normalized spacial score (nSPS) is 10.3. The van der Waals surface area contributed by atoms with Crippen molar-refractivity contribution >= 4 is 16.5 Å². The molecule has 2 rings (SSSR count). The minimum Gasteiger partial charge on any atom is -0.363 e. The summed E-state index contributed by atoms with van der Waals surface area (Å²) in [6.07, 6.45) is 0. The van der Waals surface area contributed by atoms with Crippen LogP contribution in [0.5, 0.6) is 0 Å². The van der Waals surface area contributed by atoms with Gasteiger partial charge in [0.25, 0.3) is 0 Å². The number of hydrogen-bond acceptors (Lipinski definition) is 4. The lowest BCUT2D eigenvalue weighted by Crippen LogP contribution is -1.84. The number of nitrogens with one attached hydrogen (secondary N) is 1. The van der Waals surface area contributed by atoms with Crippen LogP contribution in [0.25, 0.3) is 10.6 Å². The molecule has 1 N–H and O–H groups in total. The van der Waals surface area contributed by atoms with Gasteiger partial charge in [-0.1, -0.05) is 11.3 Å². The Kier molecular flexibility index (Phi) is 2.64. The second-order valence-electron chi connectivity index (χ2n) is 3.13. The van der Waals surface area contributed by atoms with Crippen molar-refractivity contribution in [3.05, 3.63) is 29.6 Å². The molecule has 3 nitrogen and oxygen atoms in total. The van der Waals surface area contributed by atoms with Crippen LogP contribution in [0.1, 0.15) is 5.56 Å². The van der Waals surface area contributed by atoms with Gasteiger partial charge in [0.2, 0.25) is 5.13 Å². The standard InChI is InChI=1S/C10H10FN3S/c1-6-5-7(3-4-8(6)11)9-13-14-10(12-2)15-9/h3-5H,1-2H3,(H,12,14). The summed E-state index contributed by atoms with van der Waals surface area (Å²) in [5, 5.41) is 12.4. The summed E-state index contributed by atoms with van der Waals surface area (Å²) in [5.74, 6) is -0.197. The summed E-state index contributed by atoms with van der Waals surface area (Å²) in [6, 6.07) is 4.93. The van der Waals surface area contributed by atoms with Gasteiger partial charge >= 0.3 is 0 Å². The monoisotopic (exact) mass is 223 g/mol. The fraction of sp³-hybridized carbons (Fsp3) is 0.200. The van der Waals surface area contributed by atoms with Crippen LogP contribution in [0.4, 0.5) is 9.52 Å². The molecule has 1 heterocycles. The molecule has 0 amide bonds. The van der Waals surface area contributed by atoms with Crippen LogP contribution < -0.4 is 5.32 Å². The lowest BCUT2D eigenvalue weighted by molar-refractivity contribution is 0.619. The molecular weight excluding hydrogens is 213 g/mol. The van der Waals surface area contributed by atoms with Crippen LogP contribution in [0.3, 0.4) is 0 Å². The van der Waals surface area contributed by atoms with Gasteiger partial charge in [0.15, 0.2) is 0 Å². The Morgan fingerprint density at radius 2 is 2.13 bits per heavy atom. The molecule has 1 aromatic carbocycles. The SMILES string of the molecule is CNc1nnc(-c2ccc(F)c(C)c2)s1. The van der Waals surface area contributed by atoms with Crippen molar-refractivity contribution in [2.24, 2.45) is 0 Å². The van der Waals surface area contributed by atoms with Crippen molar-refractivity contribution in [1.29, 1.82) is 0 Å². The molecule has 0 aliphatic rings. The number of nitrogens with zero attached hydrogens (tertiary/aromatic N) is 2. The highest BCUT2D eigenvalue weighted by atomic mass is 32.1. The average molecular weight is 223 g/mol. The second-order valence-corrected chi connectivity index (χ2v) is 4.10. The number of halogens is 1. The average Bonchev–Trinajstić information content (AvgIpc) is 2.70. The molecule has 5 heteroatoms. The molecule has 0 atom stereocenters. The van der Waals surface area contributed by atoms with Crippen molar-refractivity contribution < 1.29 is 4.39 Å². The third-order valence-electron chi connectivity index (χ3n) is 2.04. The van der Waals surface area contributed by atoms with E-state index in [2.05, 4.69) is 15.5 Å². The van der Waals surface area contributed by atoms with E-state index in [1.54, 1.807) is 26.1 Å². The van der Waals surface area contributed by atoms with Crippen LogP contribution in [-0.2, 0) is 0 Å². The Morgan fingerprint density at radius 1 is 1.33 bits per heavy atom. The van der Waals surface area contributed by atoms with Crippen LogP contribution >= 0.6 is 11.3 Å². The van der Waals surface area contributed by atoms with E-state index in [1.807, 2.05) is 0 Å². The zero-order valence-corrected chi connectivity index (χ0v) is 9.23. The lowest BCUT2D eigenvalue weighted by atomic mass is 10.1. The van der Waals surface area contributed by atoms with Gasteiger partial charge in [0.05, 0.1) is 0 Å². The van der Waals surface area contributed by atoms with Crippen molar-refractivity contribution in [3.8, 4) is 10.6 Å². The van der Waals surface area contributed by atoms with E-state index in [0.717, 1.165) is 15.7 Å². The quantitative estimate of drug-likeness (QED) is 0.850. The van der Waals surface area contributed by atoms with E-state index < -0.39 is 0 Å². The van der Waals surface area contributed by atoms with Gasteiger partial charge in [-0.2, -0.15) is 0 Å². The molecule has 0 spiro atoms. The predicted molar refractivity (Wildman–Crippen MR) is 59.6 cm³/mol. The third-order valence-corrected chi connectivity index (χ3v) is 3.03. The Hall–Kier alpha value is -1.49. The largest absolute Gasteiger partial charge is 0.363 e. The number of anilines is 1. The summed E-state index contributed by atoms with van der Waals surface area (Å²) >= 11 is 1.44. The van der Waals surface area contributed by atoms with Gasteiger partial charge in [-0.25, -0.2) is 4.39 Å². The maximum absolute atomic E-state index is 13.0. The van der Waals surface area contributed by atoms with Crippen LogP contribution in [0.2, 0.25) is 0 Å². The topological polar surface area (TPSA) is 37.8 Å². The van der Waals surface area contributed by atoms with E-state index >= 15 is 0 Å². The van der Waals surface area contributed by atoms with Gasteiger partial charge < -0.3 is 5.32 Å². The van der Waals surface area contributed by atoms with E-state index in [9.17, 15) is 4.39 Å². The maximum Gasteiger partial charge on any atom is 0.205 e. The molecule has 2 aromatic rings. The van der Waals surface area contributed by atoms with Crippen LogP contribution in [0, 0.1) is 12.7 Å². The highest BCUT2D eigenvalue weighted by Crippen LogP contribution is 2.27. The van der Waals surface area contributed by atoms with Gasteiger partial charge in [0.1, 0.15) is 10.8 Å². The summed E-state index contributed by atoms with van der Waals surface area (Å²) < 4.78 is 13.0. The maximum atomic E-state index is 13.0. The minimum atomic E-state index is -0.197. The Bertz CT molecular complexity index is 481. The second kappa shape index (κ2) is 3.94. The Morgan fingerprint density at radius 3 is 2.73 bits per heavy atom. The van der Waals surface area contributed by atoms with Crippen LogP contribution in [0.15, 0.2) is 18.2 Å². The number of aryl methyl sites for hydroxylation is 1. The van der Waals surface area contributed by atoms with Crippen molar-refractivity contribution in [2.45, 2.75) is 6.92 Å². The first kappa shape index (κ1) is 10.0. The first-order valence-electron chi connectivity index (χ1n) is 4.48. The van der Waals surface area contributed by atoms with E-state index in [4.69, 9.17) is 0 Å². The van der Waals surface area contributed by atoms with Crippen LogP contribution in [-0.4, -0.2) is 17.2 Å². The molecule has 0 aliphatic heterocycles. The van der Waals surface area contributed by atoms with Gasteiger partial charge in [0, 0.05) is 12.6 Å². The van der Waals surface area contributed by atoms with E-state index in [1.165, 1.54) is 17.4 Å². The smallest absolute Gasteiger partial charge is 0.205 e. The summed E-state index contributed by atoms with van der Waals surface area (Å²) in [7, 11) is 1.79. The zero-order valence-electron chi connectivity index (χ0n) is 8.41. The van der Waals surface area contributed by atoms with Gasteiger partial charge in [-0.05, 0) is 30.7 Å². The molecule has 0 unspecified atom stereocenters. The Labute approximate surface area is 91.0 Å². The highest BCUT2D eigenvalue weighted by Gasteiger charge is 2.06. The van der Waals surface area contributed by atoms with Gasteiger partial charge in [-0.15, -0.1) is 10.2 Å². The summed E-state index contributed by atoms with van der Waals surface area (Å²) in [6.45, 7) is 1.73. The number of rotatable bonds is 2. The molecule has 15 heavy (non-hydrogen) atoms. The summed E-state index contributed by atoms with van der Waals surface area (Å²) in [5.41, 5.74) is 1.52. The number of aromatic nitrogens is 2. The van der Waals surface area contributed by atoms with E-state index in [-0.39, 0.29) is 5.82 Å². The molecule has 0 aliphatic carbocycles. The number of benzene rings is 1. The molecule has 78 valence electrons. The fourth-order valence-electron chi connectivity index (χ4n) is 1.22. The third kappa shape index (κ3) is 1.97. The molecule has 0 fully saturated rings. The van der Waals surface area contributed by atoms with Crippen molar-refractivity contribution in [3.63, 3.8) is 0 Å². The fourth-order valence-corrected chi connectivity index (χ4v) is 1.91. The van der Waals surface area contributed by atoms with Gasteiger partial charge in [-0.3, -0.25) is 0 Å². The molecule has 0 saturated carbocycles. The predicted octanol–water partition coefficient (Wildman–Crippen LogP) is 2.69. The Balaban J connectivity index is 2.40. The lowest BCUT2D eigenvalue weighted by Gasteiger charge is -1.98. The molecule has 0 bridgehead atoms. The summed E-state index contributed by atoms with van der Waals surface area (Å²) in [4.78, 5) is 0. The molecule has 0 saturated heterocycles. The zero-order chi connectivity index (χ0) is 10.8. The number of hydrogen-bond donors (Lipinski definition) is 1. The molecular formula is C10H10FN3S. The van der Waals surface area contributed by atoms with Crippen molar-refractivity contribution in [1.82, 2.24) is 10.2 Å². The first-order chi connectivity index (χ1) is 7.20. The highest BCUT2D eigenvalue weighted by molar-refractivity contribution is 7.18.